The first-order valence-corrected chi connectivity index (χ1v) is 8.81. The molecular formula is C14H9Cl7N2. The lowest BCUT2D eigenvalue weighted by molar-refractivity contribution is 0.838. The van der Waals surface area contributed by atoms with Gasteiger partial charge in [0.15, 0.2) is 0 Å². The molecule has 0 radical (unpaired) electrons. The fourth-order valence-electron chi connectivity index (χ4n) is 1.70. The summed E-state index contributed by atoms with van der Waals surface area (Å²) in [5, 5.41) is 7.72. The lowest BCUT2D eigenvalue weighted by atomic mass is 10.3. The van der Waals surface area contributed by atoms with Crippen LogP contribution in [0.1, 0.15) is 0 Å². The molecule has 0 aromatic heterocycles. The van der Waals surface area contributed by atoms with Crippen LogP contribution in [0.25, 0.3) is 0 Å². The van der Waals surface area contributed by atoms with E-state index in [2.05, 4.69) is 10.6 Å². The van der Waals surface area contributed by atoms with Crippen molar-refractivity contribution in [2.75, 3.05) is 10.6 Å². The highest BCUT2D eigenvalue weighted by molar-refractivity contribution is 6.68. The lowest BCUT2D eigenvalue weighted by Crippen LogP contribution is -2.40. The van der Waals surface area contributed by atoms with Crippen molar-refractivity contribution in [2.24, 2.45) is 0 Å². The Hall–Kier alpha value is 0.0700. The zero-order valence-corrected chi connectivity index (χ0v) is 16.5. The average molecular weight is 453 g/mol. The first-order chi connectivity index (χ1) is 10.7. The first-order valence-electron chi connectivity index (χ1n) is 6.16. The Morgan fingerprint density at radius 2 is 1.04 bits per heavy atom. The first kappa shape index (κ1) is 19.4. The van der Waals surface area contributed by atoms with Gasteiger partial charge in [0.05, 0.1) is 20.1 Å². The van der Waals surface area contributed by atoms with E-state index < -0.39 is 9.96 Å². The van der Waals surface area contributed by atoms with Crippen molar-refractivity contribution < 1.29 is 0 Å². The summed E-state index contributed by atoms with van der Waals surface area (Å²) >= 11 is 41.8. The minimum absolute atomic E-state index is 0.384. The molecule has 0 fully saturated rings. The number of hydrogen-bond acceptors (Lipinski definition) is 2. The molecular weight excluding hydrogens is 444 g/mol. The van der Waals surface area contributed by atoms with Gasteiger partial charge in [-0.25, -0.2) is 0 Å². The Morgan fingerprint density at radius 3 is 1.35 bits per heavy atom. The summed E-state index contributed by atoms with van der Waals surface area (Å²) in [5.41, 5.74) is 1.26. The van der Waals surface area contributed by atoms with Gasteiger partial charge in [0.25, 0.3) is 0 Å². The molecule has 0 amide bonds. The summed E-state index contributed by atoms with van der Waals surface area (Å²) in [4.78, 5) is 0. The molecule has 23 heavy (non-hydrogen) atoms. The third kappa shape index (κ3) is 5.54. The van der Waals surface area contributed by atoms with E-state index in [9.17, 15) is 0 Å². The number of anilines is 2. The fraction of sp³-hybridized carbons (Fsp3) is 0.143. The highest BCUT2D eigenvalue weighted by atomic mass is 35.6. The van der Waals surface area contributed by atoms with E-state index in [1.165, 1.54) is 0 Å². The van der Waals surface area contributed by atoms with Crippen molar-refractivity contribution in [3.05, 3.63) is 56.5 Å². The predicted octanol–water partition coefficient (Wildman–Crippen LogP) is 7.52. The van der Waals surface area contributed by atoms with Crippen LogP contribution in [-0.4, -0.2) is 9.96 Å². The minimum Gasteiger partial charge on any atom is -0.362 e. The van der Waals surface area contributed by atoms with Crippen LogP contribution in [0.2, 0.25) is 20.1 Å². The van der Waals surface area contributed by atoms with Gasteiger partial charge in [-0.05, 0) is 36.4 Å². The molecule has 2 nitrogen and oxygen atoms in total. The molecule has 0 saturated heterocycles. The van der Waals surface area contributed by atoms with Crippen LogP contribution in [0.15, 0.2) is 36.4 Å². The number of alkyl halides is 3. The molecule has 2 rings (SSSR count). The van der Waals surface area contributed by atoms with E-state index in [0.717, 1.165) is 0 Å². The predicted molar refractivity (Wildman–Crippen MR) is 104 cm³/mol. The SMILES string of the molecule is Clc1ccc(NC(Nc2ccc(Cl)c(Cl)c2)C(Cl)(Cl)Cl)cc1Cl. The monoisotopic (exact) mass is 450 g/mol. The Balaban J connectivity index is 2.23. The number of halogens is 7. The Morgan fingerprint density at radius 1 is 0.652 bits per heavy atom. The summed E-state index contributed by atoms with van der Waals surface area (Å²) in [6.45, 7) is 0. The molecule has 0 aliphatic heterocycles. The third-order valence-electron chi connectivity index (χ3n) is 2.79. The zero-order chi connectivity index (χ0) is 17.2. The second-order valence-corrected chi connectivity index (χ2v) is 8.52. The van der Waals surface area contributed by atoms with Crippen LogP contribution in [0.3, 0.4) is 0 Å². The van der Waals surface area contributed by atoms with Crippen molar-refractivity contribution in [2.45, 2.75) is 9.96 Å². The Kier molecular flexibility index (Phi) is 6.72. The van der Waals surface area contributed by atoms with Gasteiger partial charge in [-0.1, -0.05) is 81.2 Å². The maximum atomic E-state index is 6.03. The van der Waals surface area contributed by atoms with Crippen LogP contribution < -0.4 is 10.6 Å². The quantitative estimate of drug-likeness (QED) is 0.370. The van der Waals surface area contributed by atoms with Crippen molar-refractivity contribution in [1.29, 1.82) is 0 Å². The average Bonchev–Trinajstić information content (AvgIpc) is 2.45. The van der Waals surface area contributed by atoms with Crippen LogP contribution in [0, 0.1) is 0 Å². The fourth-order valence-corrected chi connectivity index (χ4v) is 2.63. The van der Waals surface area contributed by atoms with Crippen molar-refractivity contribution in [3.63, 3.8) is 0 Å². The molecule has 0 aliphatic rings. The highest BCUT2D eigenvalue weighted by Crippen LogP contribution is 2.35. The van der Waals surface area contributed by atoms with E-state index in [0.29, 0.717) is 31.5 Å². The second kappa shape index (κ2) is 7.97. The van der Waals surface area contributed by atoms with E-state index in [4.69, 9.17) is 81.2 Å². The van der Waals surface area contributed by atoms with E-state index in [1.54, 1.807) is 36.4 Å². The molecule has 2 aromatic carbocycles. The van der Waals surface area contributed by atoms with Gasteiger partial charge in [0.2, 0.25) is 3.79 Å². The topological polar surface area (TPSA) is 24.1 Å². The molecule has 2 aromatic rings. The van der Waals surface area contributed by atoms with E-state index in [-0.39, 0.29) is 0 Å². The Bertz CT molecular complexity index is 647. The van der Waals surface area contributed by atoms with Gasteiger partial charge in [0.1, 0.15) is 6.17 Å². The number of benzene rings is 2. The van der Waals surface area contributed by atoms with Gasteiger partial charge in [0, 0.05) is 11.4 Å². The van der Waals surface area contributed by atoms with Gasteiger partial charge in [-0.2, -0.15) is 0 Å². The molecule has 0 bridgehead atoms. The lowest BCUT2D eigenvalue weighted by Gasteiger charge is -2.28. The summed E-state index contributed by atoms with van der Waals surface area (Å²) in [6, 6.07) is 9.97. The molecule has 0 aliphatic carbocycles. The van der Waals surface area contributed by atoms with Crippen molar-refractivity contribution in [1.82, 2.24) is 0 Å². The normalized spacial score (nSPS) is 11.7. The van der Waals surface area contributed by atoms with Crippen LogP contribution >= 0.6 is 81.2 Å². The molecule has 124 valence electrons. The molecule has 2 N–H and O–H groups in total. The highest BCUT2D eigenvalue weighted by Gasteiger charge is 2.33. The summed E-state index contributed by atoms with van der Waals surface area (Å²) < 4.78 is -1.65. The number of hydrogen-bond donors (Lipinski definition) is 2. The van der Waals surface area contributed by atoms with Crippen LogP contribution in [0.4, 0.5) is 11.4 Å². The van der Waals surface area contributed by atoms with Crippen molar-refractivity contribution in [3.8, 4) is 0 Å². The molecule has 0 heterocycles. The third-order valence-corrected chi connectivity index (χ3v) is 4.92. The molecule has 0 spiro atoms. The maximum absolute atomic E-state index is 6.03. The zero-order valence-electron chi connectivity index (χ0n) is 11.2. The van der Waals surface area contributed by atoms with E-state index in [1.807, 2.05) is 0 Å². The van der Waals surface area contributed by atoms with Gasteiger partial charge in [-0.15, -0.1) is 0 Å². The minimum atomic E-state index is -1.65. The number of nitrogens with one attached hydrogen (secondary N) is 2. The van der Waals surface area contributed by atoms with Gasteiger partial charge < -0.3 is 10.6 Å². The maximum Gasteiger partial charge on any atom is 0.228 e. The molecule has 0 saturated carbocycles. The smallest absolute Gasteiger partial charge is 0.228 e. The van der Waals surface area contributed by atoms with Gasteiger partial charge >= 0.3 is 0 Å². The molecule has 0 atom stereocenters. The molecule has 9 heteroatoms. The second-order valence-electron chi connectivity index (χ2n) is 4.52. The van der Waals surface area contributed by atoms with E-state index >= 15 is 0 Å². The van der Waals surface area contributed by atoms with Crippen LogP contribution in [-0.2, 0) is 0 Å². The van der Waals surface area contributed by atoms with Gasteiger partial charge in [-0.3, -0.25) is 0 Å². The standard InChI is InChI=1S/C14H9Cl7N2/c15-9-3-1-7(5-11(9)17)22-13(14(19,20)21)23-8-2-4-10(16)12(18)6-8/h1-6,13,22-23H. The molecule has 0 unspecified atom stereocenters. The summed E-state index contributed by atoms with van der Waals surface area (Å²) in [7, 11) is 0. The Labute approximate surface area is 168 Å². The largest absolute Gasteiger partial charge is 0.362 e. The summed E-state index contributed by atoms with van der Waals surface area (Å²) in [5.74, 6) is 0. The number of rotatable bonds is 4. The van der Waals surface area contributed by atoms with Crippen molar-refractivity contribution >= 4 is 92.6 Å². The van der Waals surface area contributed by atoms with Crippen LogP contribution in [0.5, 0.6) is 0 Å². The summed E-state index contributed by atoms with van der Waals surface area (Å²) in [6.07, 6.45) is -0.762.